The molecule has 1 amide bonds. The summed E-state index contributed by atoms with van der Waals surface area (Å²) < 4.78 is 16.8. The van der Waals surface area contributed by atoms with Gasteiger partial charge in [-0.15, -0.1) is 0 Å². The molecule has 0 saturated heterocycles. The largest absolute Gasteiger partial charge is 0.490 e. The lowest BCUT2D eigenvalue weighted by Gasteiger charge is -2.16. The van der Waals surface area contributed by atoms with Crippen LogP contribution in [0.2, 0.25) is 0 Å². The molecule has 9 nitrogen and oxygen atoms in total. The maximum atomic E-state index is 12.5. The summed E-state index contributed by atoms with van der Waals surface area (Å²) in [6.45, 7) is 6.69. The zero-order valence-electron chi connectivity index (χ0n) is 16.5. The zero-order valence-corrected chi connectivity index (χ0v) is 16.5. The number of ether oxygens (including phenoxy) is 3. The van der Waals surface area contributed by atoms with E-state index in [2.05, 4.69) is 10.5 Å². The summed E-state index contributed by atoms with van der Waals surface area (Å²) in [5.41, 5.74) is 3.09. The fourth-order valence-electron chi connectivity index (χ4n) is 2.47. The highest BCUT2D eigenvalue weighted by Gasteiger charge is 2.18. The van der Waals surface area contributed by atoms with Crippen LogP contribution < -0.4 is 19.6 Å². The fourth-order valence-corrected chi connectivity index (χ4v) is 2.47. The average molecular weight is 401 g/mol. The molecule has 0 bridgehead atoms. The minimum Gasteiger partial charge on any atom is -0.490 e. The minimum atomic E-state index is -0.500. The lowest BCUT2D eigenvalue weighted by Crippen LogP contribution is -2.18. The molecule has 0 aliphatic carbocycles. The van der Waals surface area contributed by atoms with Crippen LogP contribution in [0.4, 0.5) is 5.69 Å². The van der Waals surface area contributed by atoms with Crippen LogP contribution in [0.3, 0.4) is 0 Å². The number of carbonyl (C=O) groups is 1. The van der Waals surface area contributed by atoms with E-state index in [0.29, 0.717) is 42.6 Å². The molecule has 0 spiro atoms. The quantitative estimate of drug-likeness (QED) is 0.370. The van der Waals surface area contributed by atoms with Crippen molar-refractivity contribution in [1.82, 2.24) is 5.43 Å². The number of amides is 1. The first-order valence-electron chi connectivity index (χ1n) is 9.14. The molecule has 1 N–H and O–H groups in total. The van der Waals surface area contributed by atoms with E-state index in [9.17, 15) is 14.9 Å². The number of rotatable bonds is 10. The predicted molar refractivity (Wildman–Crippen MR) is 108 cm³/mol. The number of benzene rings is 2. The van der Waals surface area contributed by atoms with Crippen molar-refractivity contribution in [3.63, 3.8) is 0 Å². The molecule has 0 heterocycles. The van der Waals surface area contributed by atoms with Crippen LogP contribution in [-0.2, 0) is 0 Å². The summed E-state index contributed by atoms with van der Waals surface area (Å²) in [6, 6.07) is 9.01. The Hall–Kier alpha value is -3.62. The highest BCUT2D eigenvalue weighted by molar-refractivity contribution is 5.96. The van der Waals surface area contributed by atoms with E-state index in [-0.39, 0.29) is 11.3 Å². The molecule has 0 radical (unpaired) electrons. The van der Waals surface area contributed by atoms with Gasteiger partial charge < -0.3 is 14.2 Å². The summed E-state index contributed by atoms with van der Waals surface area (Å²) in [5.74, 6) is 0.741. The van der Waals surface area contributed by atoms with E-state index >= 15 is 0 Å². The van der Waals surface area contributed by atoms with Crippen molar-refractivity contribution in [2.24, 2.45) is 5.10 Å². The number of hydrogen-bond donors (Lipinski definition) is 1. The Bertz CT molecular complexity index is 871. The van der Waals surface area contributed by atoms with Crippen LogP contribution in [0.25, 0.3) is 0 Å². The average Bonchev–Trinajstić information content (AvgIpc) is 2.70. The monoisotopic (exact) mass is 401 g/mol. The molecule has 2 rings (SSSR count). The van der Waals surface area contributed by atoms with Gasteiger partial charge in [0.25, 0.3) is 11.6 Å². The van der Waals surface area contributed by atoms with E-state index in [0.717, 1.165) is 0 Å². The maximum absolute atomic E-state index is 12.5. The van der Waals surface area contributed by atoms with Crippen LogP contribution in [0.15, 0.2) is 41.5 Å². The topological polar surface area (TPSA) is 112 Å². The summed E-state index contributed by atoms with van der Waals surface area (Å²) in [4.78, 5) is 22.8. The van der Waals surface area contributed by atoms with Crippen LogP contribution in [-0.4, -0.2) is 36.9 Å². The molecule has 9 heteroatoms. The van der Waals surface area contributed by atoms with Crippen LogP contribution >= 0.6 is 0 Å². The van der Waals surface area contributed by atoms with Gasteiger partial charge in [0.1, 0.15) is 0 Å². The number of non-ortho nitro benzene ring substituents is 1. The molecule has 2 aromatic carbocycles. The normalized spacial score (nSPS) is 10.6. The van der Waals surface area contributed by atoms with Gasteiger partial charge in [0.2, 0.25) is 5.75 Å². The molecule has 154 valence electrons. The third-order valence-electron chi connectivity index (χ3n) is 3.63. The van der Waals surface area contributed by atoms with E-state index in [1.54, 1.807) is 18.2 Å². The van der Waals surface area contributed by atoms with E-state index in [4.69, 9.17) is 14.2 Å². The second kappa shape index (κ2) is 10.6. The number of hydrogen-bond acceptors (Lipinski definition) is 7. The molecule has 0 aliphatic rings. The number of hydrazone groups is 1. The van der Waals surface area contributed by atoms with Gasteiger partial charge in [-0.25, -0.2) is 5.43 Å². The van der Waals surface area contributed by atoms with Gasteiger partial charge in [0.05, 0.1) is 31.0 Å². The smallest absolute Gasteiger partial charge is 0.271 e. The van der Waals surface area contributed by atoms with Crippen molar-refractivity contribution in [3.8, 4) is 17.2 Å². The third kappa shape index (κ3) is 5.93. The van der Waals surface area contributed by atoms with E-state index < -0.39 is 10.8 Å². The molecule has 0 aliphatic heterocycles. The highest BCUT2D eigenvalue weighted by atomic mass is 16.6. The Labute approximate surface area is 168 Å². The first-order chi connectivity index (χ1) is 14.0. The Morgan fingerprint density at radius 3 is 2.24 bits per heavy atom. The van der Waals surface area contributed by atoms with E-state index in [1.807, 2.05) is 20.8 Å². The van der Waals surface area contributed by atoms with Gasteiger partial charge >= 0.3 is 0 Å². The number of nitro groups is 1. The lowest BCUT2D eigenvalue weighted by atomic mass is 10.1. The van der Waals surface area contributed by atoms with E-state index in [1.165, 1.54) is 24.4 Å². The molecule has 0 saturated carbocycles. The molecule has 2 aromatic rings. The van der Waals surface area contributed by atoms with Crippen molar-refractivity contribution in [3.05, 3.63) is 57.6 Å². The molecule has 0 atom stereocenters. The molecular formula is C20H23N3O6. The van der Waals surface area contributed by atoms with Gasteiger partial charge in [-0.05, 0) is 32.9 Å². The minimum absolute atomic E-state index is 0.0606. The first kappa shape index (κ1) is 21.7. The van der Waals surface area contributed by atoms with Crippen molar-refractivity contribution in [2.45, 2.75) is 20.8 Å². The summed E-state index contributed by atoms with van der Waals surface area (Å²) in [6.07, 6.45) is 1.33. The Kier molecular flexibility index (Phi) is 7.96. The molecule has 0 aromatic heterocycles. The van der Waals surface area contributed by atoms with Crippen molar-refractivity contribution < 1.29 is 23.9 Å². The highest BCUT2D eigenvalue weighted by Crippen LogP contribution is 2.39. The van der Waals surface area contributed by atoms with Crippen molar-refractivity contribution in [2.75, 3.05) is 19.8 Å². The predicted octanol–water partition coefficient (Wildman–Crippen LogP) is 3.55. The maximum Gasteiger partial charge on any atom is 0.271 e. The van der Waals surface area contributed by atoms with Gasteiger partial charge in [-0.1, -0.05) is 12.1 Å². The zero-order chi connectivity index (χ0) is 21.2. The SMILES string of the molecule is CCOc1cc(C(=O)N/N=C/c2cccc([N+](=O)[O-])c2)cc(OCC)c1OCC. The van der Waals surface area contributed by atoms with Crippen LogP contribution in [0.5, 0.6) is 17.2 Å². The number of nitrogens with zero attached hydrogens (tertiary/aromatic N) is 2. The molecule has 0 unspecified atom stereocenters. The molecule has 29 heavy (non-hydrogen) atoms. The van der Waals surface area contributed by atoms with Crippen LogP contribution in [0, 0.1) is 10.1 Å². The van der Waals surface area contributed by atoms with Gasteiger partial charge in [0.15, 0.2) is 11.5 Å². The van der Waals surface area contributed by atoms with Gasteiger partial charge in [-0.2, -0.15) is 5.10 Å². The summed E-state index contributed by atoms with van der Waals surface area (Å²) in [7, 11) is 0. The van der Waals surface area contributed by atoms with Crippen molar-refractivity contribution in [1.29, 1.82) is 0 Å². The van der Waals surface area contributed by atoms with Gasteiger partial charge in [0, 0.05) is 23.3 Å². The van der Waals surface area contributed by atoms with Crippen LogP contribution in [0.1, 0.15) is 36.7 Å². The molecule has 0 fully saturated rings. The number of carbonyl (C=O) groups excluding carboxylic acids is 1. The third-order valence-corrected chi connectivity index (χ3v) is 3.63. The second-order valence-electron chi connectivity index (χ2n) is 5.65. The van der Waals surface area contributed by atoms with Gasteiger partial charge in [-0.3, -0.25) is 14.9 Å². The Morgan fingerprint density at radius 2 is 1.69 bits per heavy atom. The van der Waals surface area contributed by atoms with Crippen molar-refractivity contribution >= 4 is 17.8 Å². The Balaban J connectivity index is 2.23. The molecular weight excluding hydrogens is 378 g/mol. The first-order valence-corrected chi connectivity index (χ1v) is 9.14. The second-order valence-corrected chi connectivity index (χ2v) is 5.65. The number of nitro benzene ring substituents is 1. The Morgan fingerprint density at radius 1 is 1.07 bits per heavy atom. The summed E-state index contributed by atoms with van der Waals surface area (Å²) in [5, 5.41) is 14.7. The number of nitrogens with one attached hydrogen (secondary N) is 1. The summed E-state index contributed by atoms with van der Waals surface area (Å²) >= 11 is 0. The standard InChI is InChI=1S/C20H23N3O6/c1-4-27-17-11-15(12-18(28-5-2)19(17)29-6-3)20(24)22-21-13-14-8-7-9-16(10-14)23(25)26/h7-13H,4-6H2,1-3H3,(H,22,24)/b21-13+. The fraction of sp³-hybridized carbons (Fsp3) is 0.300. The lowest BCUT2D eigenvalue weighted by molar-refractivity contribution is -0.384.